The zero-order valence-electron chi connectivity index (χ0n) is 12.2. The molecule has 3 unspecified atom stereocenters. The van der Waals surface area contributed by atoms with E-state index in [1.54, 1.807) is 0 Å². The maximum Gasteiger partial charge on any atom is 0.114 e. The second-order valence-electron chi connectivity index (χ2n) is 7.45. The van der Waals surface area contributed by atoms with Crippen molar-refractivity contribution in [2.45, 2.75) is 77.1 Å². The largest absolute Gasteiger partial charge is 0.385 e. The van der Waals surface area contributed by atoms with Crippen molar-refractivity contribution in [2.24, 2.45) is 11.3 Å². The molecule has 0 spiro atoms. The van der Waals surface area contributed by atoms with Gasteiger partial charge in [0.15, 0.2) is 0 Å². The predicted molar refractivity (Wildman–Crippen MR) is 69.9 cm³/mol. The number of rotatable bonds is 1. The lowest BCUT2D eigenvalue weighted by Gasteiger charge is -2.45. The van der Waals surface area contributed by atoms with Crippen molar-refractivity contribution in [3.05, 3.63) is 0 Å². The van der Waals surface area contributed by atoms with Crippen LogP contribution in [-0.2, 0) is 4.74 Å². The highest BCUT2D eigenvalue weighted by Gasteiger charge is 2.67. The summed E-state index contributed by atoms with van der Waals surface area (Å²) >= 11 is 0. The Labute approximate surface area is 110 Å². The predicted octanol–water partition coefficient (Wildman–Crippen LogP) is 3.02. The lowest BCUT2D eigenvalue weighted by molar-refractivity contribution is -0.163. The zero-order chi connectivity index (χ0) is 13.8. The summed E-state index contributed by atoms with van der Waals surface area (Å²) in [5.74, 6) is 0.508. The van der Waals surface area contributed by atoms with Gasteiger partial charge in [-0.3, -0.25) is 0 Å². The molecule has 2 rings (SSSR count). The van der Waals surface area contributed by atoms with Gasteiger partial charge >= 0.3 is 0 Å². The maximum absolute atomic E-state index is 11.3. The second-order valence-corrected chi connectivity index (χ2v) is 7.45. The molecule has 3 heteroatoms. The molecule has 1 aliphatic heterocycles. The summed E-state index contributed by atoms with van der Waals surface area (Å²) in [6.45, 7) is 10.00. The fourth-order valence-electron chi connectivity index (χ4n) is 4.25. The summed E-state index contributed by atoms with van der Waals surface area (Å²) in [5, 5.41) is 21.0. The summed E-state index contributed by atoms with van der Waals surface area (Å²) in [7, 11) is 0. The molecule has 0 bridgehead atoms. The molecule has 1 saturated heterocycles. The van der Waals surface area contributed by atoms with Gasteiger partial charge < -0.3 is 9.84 Å². The van der Waals surface area contributed by atoms with Crippen LogP contribution in [0.15, 0.2) is 0 Å². The quantitative estimate of drug-likeness (QED) is 0.779. The van der Waals surface area contributed by atoms with E-state index in [1.807, 2.05) is 27.7 Å². The third-order valence-electron chi connectivity index (χ3n) is 4.98. The van der Waals surface area contributed by atoms with Crippen LogP contribution in [0.4, 0.5) is 0 Å². The Morgan fingerprint density at radius 3 is 2.22 bits per heavy atom. The molecule has 0 aromatic rings. The smallest absolute Gasteiger partial charge is 0.114 e. The summed E-state index contributed by atoms with van der Waals surface area (Å²) in [5.41, 5.74) is -2.74. The van der Waals surface area contributed by atoms with Crippen LogP contribution in [0.3, 0.4) is 0 Å². The van der Waals surface area contributed by atoms with E-state index in [4.69, 9.17) is 4.74 Å². The van der Waals surface area contributed by atoms with E-state index in [2.05, 4.69) is 13.0 Å². The molecule has 1 saturated carbocycles. The van der Waals surface area contributed by atoms with Gasteiger partial charge in [0.05, 0.1) is 22.7 Å². The second kappa shape index (κ2) is 3.71. The molecule has 18 heavy (non-hydrogen) atoms. The van der Waals surface area contributed by atoms with Gasteiger partial charge in [-0.2, -0.15) is 5.26 Å². The summed E-state index contributed by atoms with van der Waals surface area (Å²) in [6.07, 6.45) is 3.12. The molecule has 3 atom stereocenters. The van der Waals surface area contributed by atoms with Crippen LogP contribution in [0, 0.1) is 22.7 Å². The van der Waals surface area contributed by atoms with Crippen LogP contribution < -0.4 is 0 Å². The van der Waals surface area contributed by atoms with Crippen molar-refractivity contribution in [1.82, 2.24) is 0 Å². The molecule has 2 aliphatic rings. The van der Waals surface area contributed by atoms with Gasteiger partial charge in [0, 0.05) is 6.42 Å². The molecule has 1 heterocycles. The highest BCUT2D eigenvalue weighted by Crippen LogP contribution is 2.59. The normalized spacial score (nSPS) is 45.9. The van der Waals surface area contributed by atoms with Crippen molar-refractivity contribution >= 4 is 0 Å². The SMILES string of the molecule is CC1CCC(C#N)(C2(O)CC(C)(C)OC2(C)C)C1. The van der Waals surface area contributed by atoms with Crippen LogP contribution in [0.5, 0.6) is 0 Å². The van der Waals surface area contributed by atoms with Gasteiger partial charge in [-0.15, -0.1) is 0 Å². The van der Waals surface area contributed by atoms with Gasteiger partial charge in [0.1, 0.15) is 5.60 Å². The first kappa shape index (κ1) is 13.8. The highest BCUT2D eigenvalue weighted by atomic mass is 16.5. The summed E-state index contributed by atoms with van der Waals surface area (Å²) < 4.78 is 6.03. The Morgan fingerprint density at radius 2 is 1.89 bits per heavy atom. The molecule has 0 radical (unpaired) electrons. The topological polar surface area (TPSA) is 53.2 Å². The average molecular weight is 251 g/mol. The summed E-state index contributed by atoms with van der Waals surface area (Å²) in [6, 6.07) is 2.45. The van der Waals surface area contributed by atoms with Crippen molar-refractivity contribution in [2.75, 3.05) is 0 Å². The monoisotopic (exact) mass is 251 g/mol. The Balaban J connectivity index is 2.45. The van der Waals surface area contributed by atoms with Crippen molar-refractivity contribution < 1.29 is 9.84 Å². The molecular weight excluding hydrogens is 226 g/mol. The number of nitriles is 1. The Kier molecular flexibility index (Phi) is 2.85. The standard InChI is InChI=1S/C15H25NO2/c1-11-6-7-14(8-11,10-16)15(17)9-12(2,3)18-13(15,4)5/h11,17H,6-9H2,1-5H3. The average Bonchev–Trinajstić information content (AvgIpc) is 2.65. The lowest BCUT2D eigenvalue weighted by atomic mass is 9.62. The first-order valence-electron chi connectivity index (χ1n) is 6.91. The number of aliphatic hydroxyl groups is 1. The molecule has 102 valence electrons. The molecule has 1 N–H and O–H groups in total. The molecule has 0 aromatic carbocycles. The summed E-state index contributed by atoms with van der Waals surface area (Å²) in [4.78, 5) is 0. The molecule has 2 fully saturated rings. The lowest BCUT2D eigenvalue weighted by Crippen LogP contribution is -2.57. The van der Waals surface area contributed by atoms with E-state index in [-0.39, 0.29) is 5.60 Å². The Hall–Kier alpha value is -0.590. The van der Waals surface area contributed by atoms with E-state index in [9.17, 15) is 10.4 Å². The molecule has 0 amide bonds. The van der Waals surface area contributed by atoms with Crippen molar-refractivity contribution in [3.8, 4) is 6.07 Å². The van der Waals surface area contributed by atoms with Crippen LogP contribution in [0.1, 0.15) is 60.3 Å². The molecular formula is C15H25NO2. The number of ether oxygens (including phenoxy) is 1. The van der Waals surface area contributed by atoms with Gasteiger partial charge in [0.2, 0.25) is 0 Å². The molecule has 0 aromatic heterocycles. The van der Waals surface area contributed by atoms with Crippen LogP contribution in [-0.4, -0.2) is 21.9 Å². The fraction of sp³-hybridized carbons (Fsp3) is 0.933. The Morgan fingerprint density at radius 1 is 1.28 bits per heavy atom. The van der Waals surface area contributed by atoms with Gasteiger partial charge in [-0.05, 0) is 52.9 Å². The number of hydrogen-bond donors (Lipinski definition) is 1. The van der Waals surface area contributed by atoms with Crippen LogP contribution in [0.2, 0.25) is 0 Å². The first-order chi connectivity index (χ1) is 8.08. The minimum atomic E-state index is -1.05. The van der Waals surface area contributed by atoms with E-state index in [0.717, 1.165) is 19.3 Å². The number of nitrogens with zero attached hydrogens (tertiary/aromatic N) is 1. The third-order valence-corrected chi connectivity index (χ3v) is 4.98. The van der Waals surface area contributed by atoms with E-state index < -0.39 is 16.6 Å². The van der Waals surface area contributed by atoms with Crippen molar-refractivity contribution in [1.29, 1.82) is 5.26 Å². The minimum Gasteiger partial charge on any atom is -0.385 e. The molecule has 3 nitrogen and oxygen atoms in total. The van der Waals surface area contributed by atoms with E-state index in [0.29, 0.717) is 12.3 Å². The zero-order valence-corrected chi connectivity index (χ0v) is 12.2. The highest BCUT2D eigenvalue weighted by molar-refractivity contribution is 5.23. The first-order valence-corrected chi connectivity index (χ1v) is 6.91. The third kappa shape index (κ3) is 1.70. The van der Waals surface area contributed by atoms with Gasteiger partial charge in [-0.1, -0.05) is 6.92 Å². The van der Waals surface area contributed by atoms with Crippen molar-refractivity contribution in [3.63, 3.8) is 0 Å². The van der Waals surface area contributed by atoms with E-state index in [1.165, 1.54) is 0 Å². The van der Waals surface area contributed by atoms with Gasteiger partial charge in [-0.25, -0.2) is 0 Å². The van der Waals surface area contributed by atoms with Crippen LogP contribution in [0.25, 0.3) is 0 Å². The van der Waals surface area contributed by atoms with Gasteiger partial charge in [0.25, 0.3) is 0 Å². The fourth-order valence-corrected chi connectivity index (χ4v) is 4.25. The number of hydrogen-bond acceptors (Lipinski definition) is 3. The van der Waals surface area contributed by atoms with Crippen LogP contribution >= 0.6 is 0 Å². The maximum atomic E-state index is 11.3. The molecule has 1 aliphatic carbocycles. The Bertz CT molecular complexity index is 396. The minimum absolute atomic E-state index is 0.367. The van der Waals surface area contributed by atoms with E-state index >= 15 is 0 Å².